The number of rotatable bonds is 4. The van der Waals surface area contributed by atoms with Gasteiger partial charge in [0.1, 0.15) is 11.6 Å². The van der Waals surface area contributed by atoms with Crippen LogP contribution < -0.4 is 0 Å². The third kappa shape index (κ3) is 6.40. The van der Waals surface area contributed by atoms with Crippen LogP contribution in [-0.4, -0.2) is 19.6 Å². The molecule has 2 heterocycles. The van der Waals surface area contributed by atoms with E-state index in [1.54, 1.807) is 6.07 Å². The number of hydrogen-bond acceptors (Lipinski definition) is 3. The van der Waals surface area contributed by atoms with Crippen molar-refractivity contribution in [2.24, 2.45) is 0 Å². The van der Waals surface area contributed by atoms with Gasteiger partial charge in [-0.3, -0.25) is 4.57 Å². The van der Waals surface area contributed by atoms with E-state index in [9.17, 15) is 5.11 Å². The third-order valence-corrected chi connectivity index (χ3v) is 8.58. The van der Waals surface area contributed by atoms with E-state index in [0.29, 0.717) is 5.92 Å². The predicted molar refractivity (Wildman–Crippen MR) is 195 cm³/mol. The Labute approximate surface area is 295 Å². The number of para-hydroxylation sites is 4. The largest absolute Gasteiger partial charge is 0.507 e. The van der Waals surface area contributed by atoms with Crippen LogP contribution in [0.15, 0.2) is 134 Å². The molecule has 0 aliphatic heterocycles. The number of imidazole rings is 1. The van der Waals surface area contributed by atoms with E-state index in [1.807, 2.05) is 79.0 Å². The van der Waals surface area contributed by atoms with Crippen LogP contribution in [-0.2, 0) is 20.1 Å². The summed E-state index contributed by atoms with van der Waals surface area (Å²) in [6, 6.07) is 46.5. The van der Waals surface area contributed by atoms with Crippen LogP contribution in [0, 0.1) is 19.9 Å². The molecule has 239 valence electrons. The molecule has 0 spiro atoms. The number of fused-ring (bicyclic) bond motifs is 4. The first-order valence-electron chi connectivity index (χ1n) is 16.0. The van der Waals surface area contributed by atoms with Crippen LogP contribution in [0.4, 0.5) is 0 Å². The minimum atomic E-state index is 0. The minimum Gasteiger partial charge on any atom is -0.507 e. The number of benzene rings is 6. The van der Waals surface area contributed by atoms with E-state index in [-0.39, 0.29) is 25.9 Å². The monoisotopic (exact) mass is 803 g/mol. The van der Waals surface area contributed by atoms with Crippen LogP contribution in [0.5, 0.6) is 5.75 Å². The fraction of sp³-hybridized carbons (Fsp3) is 0.116. The number of aromatic nitrogens is 3. The molecule has 0 unspecified atom stereocenters. The molecule has 5 heteroatoms. The van der Waals surface area contributed by atoms with Crippen LogP contribution in [0.1, 0.15) is 36.5 Å². The normalized spacial score (nSPS) is 11.0. The summed E-state index contributed by atoms with van der Waals surface area (Å²) in [5.74, 6) is 1.51. The maximum atomic E-state index is 10.2. The minimum absolute atomic E-state index is 0. The number of nitrogens with zero attached hydrogens (tertiary/aromatic N) is 3. The molecule has 4 nitrogen and oxygen atoms in total. The third-order valence-electron chi connectivity index (χ3n) is 8.58. The molecule has 0 aliphatic carbocycles. The van der Waals surface area contributed by atoms with Crippen LogP contribution in [0.2, 0.25) is 0 Å². The van der Waals surface area contributed by atoms with Crippen molar-refractivity contribution in [3.05, 3.63) is 156 Å². The Morgan fingerprint density at radius 2 is 1.44 bits per heavy atom. The summed E-state index contributed by atoms with van der Waals surface area (Å²) >= 11 is 0. The Kier molecular flexibility index (Phi) is 9.54. The van der Waals surface area contributed by atoms with Crippen molar-refractivity contribution in [3.8, 4) is 34.1 Å². The van der Waals surface area contributed by atoms with Crippen molar-refractivity contribution in [1.82, 2.24) is 14.5 Å². The number of pyridine rings is 1. The molecular weight excluding hydrogens is 767 g/mol. The molecule has 6 aromatic carbocycles. The zero-order chi connectivity index (χ0) is 32.5. The van der Waals surface area contributed by atoms with E-state index in [0.717, 1.165) is 44.9 Å². The molecular formula is C43H36IrN3O-. The van der Waals surface area contributed by atoms with Gasteiger partial charge in [-0.2, -0.15) is 0 Å². The molecule has 0 aliphatic rings. The second kappa shape index (κ2) is 13.9. The Morgan fingerprint density at radius 1 is 0.708 bits per heavy atom. The maximum Gasteiger partial charge on any atom is 0.149 e. The van der Waals surface area contributed by atoms with Gasteiger partial charge in [0.05, 0.1) is 16.6 Å². The number of phenolic OH excluding ortho intramolecular Hbond substituents is 1. The first-order chi connectivity index (χ1) is 22.9. The number of aryl methyl sites for hydroxylation is 2. The van der Waals surface area contributed by atoms with E-state index < -0.39 is 0 Å². The maximum absolute atomic E-state index is 10.2. The Balaban J connectivity index is 0.000000165. The second-order valence-corrected chi connectivity index (χ2v) is 12.3. The molecule has 48 heavy (non-hydrogen) atoms. The Hall–Kier alpha value is -5.09. The number of hydrogen-bond donors (Lipinski definition) is 1. The van der Waals surface area contributed by atoms with Gasteiger partial charge in [0.15, 0.2) is 0 Å². The van der Waals surface area contributed by atoms with Crippen molar-refractivity contribution in [3.63, 3.8) is 0 Å². The fourth-order valence-corrected chi connectivity index (χ4v) is 6.32. The van der Waals surface area contributed by atoms with E-state index in [2.05, 4.69) is 91.8 Å². The van der Waals surface area contributed by atoms with Gasteiger partial charge in [-0.25, -0.2) is 4.98 Å². The van der Waals surface area contributed by atoms with Gasteiger partial charge in [0, 0.05) is 32.0 Å². The summed E-state index contributed by atoms with van der Waals surface area (Å²) in [7, 11) is 0. The SMILES string of the molecule is Cc1[c-]c(-c2nccc3c2ccc2cc(C(C)C)ccc23)cc(C)c1.Oc1ccccc1-c1nc2ccccc2n1-c1ccccc1.[Ir]. The van der Waals surface area contributed by atoms with Gasteiger partial charge in [0.2, 0.25) is 0 Å². The number of aromatic hydroxyl groups is 1. The number of phenols is 1. The first-order valence-corrected chi connectivity index (χ1v) is 16.0. The second-order valence-electron chi connectivity index (χ2n) is 12.3. The van der Waals surface area contributed by atoms with Gasteiger partial charge >= 0.3 is 0 Å². The van der Waals surface area contributed by atoms with Crippen molar-refractivity contribution in [2.45, 2.75) is 33.6 Å². The average Bonchev–Trinajstić information content (AvgIpc) is 3.47. The average molecular weight is 803 g/mol. The van der Waals surface area contributed by atoms with E-state index in [4.69, 9.17) is 4.98 Å². The van der Waals surface area contributed by atoms with Crippen molar-refractivity contribution < 1.29 is 25.2 Å². The summed E-state index contributed by atoms with van der Waals surface area (Å²) in [4.78, 5) is 9.40. The Morgan fingerprint density at radius 3 is 2.21 bits per heavy atom. The van der Waals surface area contributed by atoms with Crippen molar-refractivity contribution in [2.75, 3.05) is 0 Å². The summed E-state index contributed by atoms with van der Waals surface area (Å²) < 4.78 is 2.07. The van der Waals surface area contributed by atoms with Gasteiger partial charge in [0.25, 0.3) is 0 Å². The molecule has 1 radical (unpaired) electrons. The summed E-state index contributed by atoms with van der Waals surface area (Å²) in [5, 5.41) is 15.2. The molecule has 8 aromatic rings. The van der Waals surface area contributed by atoms with Gasteiger partial charge < -0.3 is 10.1 Å². The standard InChI is InChI=1S/C24H22N.C19H14N2O.Ir/c1-15(2)18-5-7-21-19(14-18)6-8-23-22(21)9-10-25-24(23)20-12-16(3)11-17(4)13-20;22-18-13-7-4-10-15(18)19-20-16-11-5-6-12-17(16)21(19)14-8-2-1-3-9-14;/h5-12,14-15H,1-4H3;1-13,22H;/q-1;;. The molecule has 0 saturated carbocycles. The quantitative estimate of drug-likeness (QED) is 0.142. The summed E-state index contributed by atoms with van der Waals surface area (Å²) in [6.07, 6.45) is 1.92. The van der Waals surface area contributed by atoms with Gasteiger partial charge in [-0.05, 0) is 81.2 Å². The van der Waals surface area contributed by atoms with Crippen LogP contribution >= 0.6 is 0 Å². The molecule has 0 fully saturated rings. The zero-order valence-corrected chi connectivity index (χ0v) is 29.8. The fourth-order valence-electron chi connectivity index (χ4n) is 6.32. The topological polar surface area (TPSA) is 50.9 Å². The molecule has 2 aromatic heterocycles. The molecule has 1 N–H and O–H groups in total. The van der Waals surface area contributed by atoms with E-state index in [1.165, 1.54) is 32.7 Å². The molecule has 0 saturated heterocycles. The van der Waals surface area contributed by atoms with Crippen LogP contribution in [0.25, 0.3) is 60.9 Å². The summed E-state index contributed by atoms with van der Waals surface area (Å²) in [5.41, 5.74) is 9.53. The van der Waals surface area contributed by atoms with Crippen molar-refractivity contribution in [1.29, 1.82) is 0 Å². The smallest absolute Gasteiger partial charge is 0.149 e. The molecule has 0 amide bonds. The summed E-state index contributed by atoms with van der Waals surface area (Å²) in [6.45, 7) is 8.68. The predicted octanol–water partition coefficient (Wildman–Crippen LogP) is 11.0. The van der Waals surface area contributed by atoms with Crippen molar-refractivity contribution >= 4 is 32.6 Å². The zero-order valence-electron chi connectivity index (χ0n) is 27.4. The molecule has 8 rings (SSSR count). The first kappa shape index (κ1) is 32.8. The van der Waals surface area contributed by atoms with Crippen LogP contribution in [0.3, 0.4) is 0 Å². The van der Waals surface area contributed by atoms with Gasteiger partial charge in [-0.1, -0.05) is 100 Å². The van der Waals surface area contributed by atoms with E-state index >= 15 is 0 Å². The molecule has 0 bridgehead atoms. The molecule has 0 atom stereocenters. The van der Waals surface area contributed by atoms with Gasteiger partial charge in [-0.15, -0.1) is 34.9 Å². The Bertz CT molecular complexity index is 2360.